The summed E-state index contributed by atoms with van der Waals surface area (Å²) in [4.78, 5) is 20.4. The highest BCUT2D eigenvalue weighted by molar-refractivity contribution is 5.87. The van der Waals surface area contributed by atoms with E-state index in [-0.39, 0.29) is 6.61 Å². The first-order valence-electron chi connectivity index (χ1n) is 8.86. The van der Waals surface area contributed by atoms with Crippen molar-refractivity contribution in [1.82, 2.24) is 0 Å². The molecule has 3 rings (SSSR count). The maximum absolute atomic E-state index is 10.2. The summed E-state index contributed by atoms with van der Waals surface area (Å²) in [7, 11) is 0. The van der Waals surface area contributed by atoms with E-state index in [2.05, 4.69) is 0 Å². The molecule has 152 valence electrons. The number of aliphatic hydroxyl groups excluding tert-OH is 2. The zero-order chi connectivity index (χ0) is 21.5. The fourth-order valence-corrected chi connectivity index (χ4v) is 2.13. The number of aliphatic hydroxyl groups is 2. The van der Waals surface area contributed by atoms with Gasteiger partial charge in [0.05, 0.1) is 17.2 Å². The first kappa shape index (κ1) is 23.6. The van der Waals surface area contributed by atoms with Gasteiger partial charge in [-0.3, -0.25) is 0 Å². The second-order valence-corrected chi connectivity index (χ2v) is 5.78. The molecule has 0 saturated heterocycles. The fraction of sp³-hybridized carbons (Fsp3) is 0.130. The molecular formula is C23H24O6. The topological polar surface area (TPSA) is 115 Å². The summed E-state index contributed by atoms with van der Waals surface area (Å²) >= 11 is 0. The monoisotopic (exact) mass is 396 g/mol. The van der Waals surface area contributed by atoms with Gasteiger partial charge in [-0.25, -0.2) is 9.59 Å². The Morgan fingerprint density at radius 1 is 0.655 bits per heavy atom. The molecule has 6 heteroatoms. The molecule has 3 aromatic carbocycles. The van der Waals surface area contributed by atoms with Crippen molar-refractivity contribution in [2.45, 2.75) is 12.5 Å². The molecule has 0 aliphatic rings. The van der Waals surface area contributed by atoms with Gasteiger partial charge in [0.2, 0.25) is 0 Å². The maximum Gasteiger partial charge on any atom is 0.335 e. The third-order valence-electron chi connectivity index (χ3n) is 3.63. The average Bonchev–Trinajstić information content (AvgIpc) is 2.76. The van der Waals surface area contributed by atoms with Crippen LogP contribution in [0.2, 0.25) is 0 Å². The zero-order valence-corrected chi connectivity index (χ0v) is 15.8. The third-order valence-corrected chi connectivity index (χ3v) is 3.63. The molecule has 1 atom stereocenters. The predicted octanol–water partition coefficient (Wildman–Crippen LogP) is 3.87. The maximum atomic E-state index is 10.2. The summed E-state index contributed by atoms with van der Waals surface area (Å²) in [5, 5.41) is 34.7. The van der Waals surface area contributed by atoms with Crippen LogP contribution in [0.25, 0.3) is 0 Å². The molecule has 3 aromatic rings. The lowest BCUT2D eigenvalue weighted by Crippen LogP contribution is -1.99. The number of benzene rings is 3. The first-order chi connectivity index (χ1) is 14.0. The highest BCUT2D eigenvalue weighted by Crippen LogP contribution is 2.14. The molecule has 4 N–H and O–H groups in total. The van der Waals surface area contributed by atoms with Gasteiger partial charge in [0.15, 0.2) is 0 Å². The van der Waals surface area contributed by atoms with E-state index in [1.165, 1.54) is 0 Å². The molecule has 0 heterocycles. The summed E-state index contributed by atoms with van der Waals surface area (Å²) in [5.41, 5.74) is 1.52. The smallest absolute Gasteiger partial charge is 0.335 e. The number of rotatable bonds is 5. The summed E-state index contributed by atoms with van der Waals surface area (Å²) in [6.07, 6.45) is -0.120. The largest absolute Gasteiger partial charge is 0.478 e. The van der Waals surface area contributed by atoms with Gasteiger partial charge >= 0.3 is 11.9 Å². The second-order valence-electron chi connectivity index (χ2n) is 5.78. The lowest BCUT2D eigenvalue weighted by atomic mass is 10.1. The summed E-state index contributed by atoms with van der Waals surface area (Å²) < 4.78 is 0. The number of carbonyl (C=O) groups is 2. The summed E-state index contributed by atoms with van der Waals surface area (Å²) in [6.45, 7) is 0.0239. The molecule has 0 aromatic heterocycles. The minimum Gasteiger partial charge on any atom is -0.478 e. The Balaban J connectivity index is 0.000000219. The van der Waals surface area contributed by atoms with Crippen LogP contribution in [0.3, 0.4) is 0 Å². The molecule has 0 aliphatic carbocycles. The van der Waals surface area contributed by atoms with Gasteiger partial charge in [-0.15, -0.1) is 0 Å². The lowest BCUT2D eigenvalue weighted by Gasteiger charge is -2.07. The number of carboxylic acids is 2. The molecule has 1 unspecified atom stereocenters. The summed E-state index contributed by atoms with van der Waals surface area (Å²) in [6, 6.07) is 25.9. The Morgan fingerprint density at radius 3 is 1.28 bits per heavy atom. The van der Waals surface area contributed by atoms with E-state index < -0.39 is 18.0 Å². The van der Waals surface area contributed by atoms with Crippen LogP contribution in [0.15, 0.2) is 91.0 Å². The van der Waals surface area contributed by atoms with Gasteiger partial charge < -0.3 is 20.4 Å². The standard InChI is InChI=1S/C9H12O2.2C7H6O2/c10-7-6-9(11)8-4-2-1-3-5-8;2*8-7(9)6-4-2-1-3-5-6/h1-5,9-11H,6-7H2;2*1-5H,(H,8,9). The zero-order valence-electron chi connectivity index (χ0n) is 15.8. The molecule has 0 bridgehead atoms. The normalized spacial score (nSPS) is 10.4. The second kappa shape index (κ2) is 13.7. The number of hydrogen-bond donors (Lipinski definition) is 4. The minimum absolute atomic E-state index is 0.0239. The average molecular weight is 396 g/mol. The van der Waals surface area contributed by atoms with Gasteiger partial charge in [0.1, 0.15) is 0 Å². The highest BCUT2D eigenvalue weighted by Gasteiger charge is 2.04. The number of carboxylic acid groups (broad SMARTS) is 2. The quantitative estimate of drug-likeness (QED) is 0.520. The fourth-order valence-electron chi connectivity index (χ4n) is 2.13. The Kier molecular flexibility index (Phi) is 11.1. The van der Waals surface area contributed by atoms with Crippen molar-refractivity contribution < 1.29 is 30.0 Å². The Hall–Kier alpha value is -3.48. The molecule has 0 aliphatic heterocycles. The van der Waals surface area contributed by atoms with Crippen molar-refractivity contribution in [1.29, 1.82) is 0 Å². The summed E-state index contributed by atoms with van der Waals surface area (Å²) in [5.74, 6) is -1.76. The van der Waals surface area contributed by atoms with Crippen LogP contribution in [0.1, 0.15) is 38.8 Å². The molecule has 29 heavy (non-hydrogen) atoms. The predicted molar refractivity (Wildman–Crippen MR) is 110 cm³/mol. The van der Waals surface area contributed by atoms with Crippen molar-refractivity contribution in [3.05, 3.63) is 108 Å². The van der Waals surface area contributed by atoms with Crippen LogP contribution < -0.4 is 0 Å². The van der Waals surface area contributed by atoms with Gasteiger partial charge in [-0.2, -0.15) is 0 Å². The molecule has 0 amide bonds. The van der Waals surface area contributed by atoms with Crippen LogP contribution in [-0.4, -0.2) is 39.0 Å². The third kappa shape index (κ3) is 9.86. The van der Waals surface area contributed by atoms with Crippen LogP contribution in [-0.2, 0) is 0 Å². The van der Waals surface area contributed by atoms with E-state index in [0.29, 0.717) is 17.5 Å². The van der Waals surface area contributed by atoms with Crippen molar-refractivity contribution in [2.24, 2.45) is 0 Å². The van der Waals surface area contributed by atoms with Crippen molar-refractivity contribution >= 4 is 11.9 Å². The SMILES string of the molecule is O=C(O)c1ccccc1.O=C(O)c1ccccc1.OCCC(O)c1ccccc1. The number of hydrogen-bond acceptors (Lipinski definition) is 4. The molecule has 0 radical (unpaired) electrons. The van der Waals surface area contributed by atoms with E-state index in [0.717, 1.165) is 5.56 Å². The Bertz CT molecular complexity index is 786. The Labute approximate surface area is 169 Å². The van der Waals surface area contributed by atoms with E-state index in [1.807, 2.05) is 30.3 Å². The first-order valence-corrected chi connectivity index (χ1v) is 8.86. The molecular weight excluding hydrogens is 372 g/mol. The van der Waals surface area contributed by atoms with E-state index >= 15 is 0 Å². The van der Waals surface area contributed by atoms with Crippen LogP contribution in [0, 0.1) is 0 Å². The molecule has 6 nitrogen and oxygen atoms in total. The molecule has 0 saturated carbocycles. The molecule has 0 fully saturated rings. The van der Waals surface area contributed by atoms with Crippen LogP contribution in [0.5, 0.6) is 0 Å². The highest BCUT2D eigenvalue weighted by atomic mass is 16.4. The van der Waals surface area contributed by atoms with Crippen molar-refractivity contribution in [3.63, 3.8) is 0 Å². The lowest BCUT2D eigenvalue weighted by molar-refractivity contribution is 0.0686. The number of aromatic carboxylic acids is 2. The van der Waals surface area contributed by atoms with Crippen LogP contribution in [0.4, 0.5) is 0 Å². The molecule has 0 spiro atoms. The van der Waals surface area contributed by atoms with Crippen molar-refractivity contribution in [2.75, 3.05) is 6.61 Å². The van der Waals surface area contributed by atoms with E-state index in [4.69, 9.17) is 15.3 Å². The minimum atomic E-state index is -0.879. The van der Waals surface area contributed by atoms with Gasteiger partial charge in [0.25, 0.3) is 0 Å². The van der Waals surface area contributed by atoms with Gasteiger partial charge in [-0.05, 0) is 29.8 Å². The van der Waals surface area contributed by atoms with E-state index in [1.54, 1.807) is 60.7 Å². The Morgan fingerprint density at radius 2 is 1.00 bits per heavy atom. The van der Waals surface area contributed by atoms with E-state index in [9.17, 15) is 14.7 Å². The van der Waals surface area contributed by atoms with Crippen molar-refractivity contribution in [3.8, 4) is 0 Å². The van der Waals surface area contributed by atoms with Gasteiger partial charge in [0, 0.05) is 13.0 Å². The van der Waals surface area contributed by atoms with Crippen LogP contribution >= 0.6 is 0 Å². The van der Waals surface area contributed by atoms with Gasteiger partial charge in [-0.1, -0.05) is 66.7 Å².